The Morgan fingerprint density at radius 2 is 0.761 bits per heavy atom. The third-order valence-electron chi connectivity index (χ3n) is 9.83. The summed E-state index contributed by atoms with van der Waals surface area (Å²) in [4.78, 5) is 34.5. The van der Waals surface area contributed by atoms with E-state index in [0.29, 0.717) is 6.42 Å². The summed E-state index contributed by atoms with van der Waals surface area (Å²) in [5, 5.41) is 4.67. The van der Waals surface area contributed by atoms with Gasteiger partial charge in [-0.2, -0.15) is 0 Å². The molecular weight excluding hydrogens is 572 g/mol. The first-order chi connectivity index (χ1) is 22.6. The normalized spacial score (nSPS) is 12.7. The molecule has 2 atom stereocenters. The minimum Gasteiger partial charge on any atom is -0.260 e. The van der Waals surface area contributed by atoms with Gasteiger partial charge in [0, 0.05) is 11.5 Å². The largest absolute Gasteiger partial charge is 0.349 e. The molecule has 274 valence electrons. The van der Waals surface area contributed by atoms with Crippen molar-refractivity contribution in [1.29, 1.82) is 0 Å². The van der Waals surface area contributed by atoms with Gasteiger partial charge in [0.05, 0.1) is 5.92 Å². The lowest BCUT2D eigenvalue weighted by atomic mass is 9.86. The molecule has 0 aliphatic carbocycles. The quantitative estimate of drug-likeness (QED) is 0.0379. The van der Waals surface area contributed by atoms with Crippen LogP contribution in [-0.2, 0) is 24.4 Å². The van der Waals surface area contributed by atoms with E-state index in [1.54, 1.807) is 0 Å². The van der Waals surface area contributed by atoms with E-state index >= 15 is 0 Å². The van der Waals surface area contributed by atoms with E-state index in [2.05, 4.69) is 32.7 Å². The van der Waals surface area contributed by atoms with Crippen LogP contribution in [0.15, 0.2) is 0 Å². The highest BCUT2D eigenvalue weighted by Gasteiger charge is 2.27. The molecule has 0 saturated heterocycles. The summed E-state index contributed by atoms with van der Waals surface area (Å²) in [6.45, 7) is 8.80. The van der Waals surface area contributed by atoms with Gasteiger partial charge in [-0.05, 0) is 18.8 Å². The molecule has 5 heteroatoms. The van der Waals surface area contributed by atoms with Gasteiger partial charge >= 0.3 is 11.9 Å². The summed E-state index contributed by atoms with van der Waals surface area (Å²) in [7, 11) is 0. The Morgan fingerprint density at radius 1 is 0.413 bits per heavy atom. The molecule has 0 aliphatic rings. The summed E-state index contributed by atoms with van der Waals surface area (Å²) in [5.41, 5.74) is 0. The predicted octanol–water partition coefficient (Wildman–Crippen LogP) is 14.1. The standard InChI is InChI=1S/C41H80O5/c1-5-8-10-12-14-16-18-20-22-24-26-28-30-32-34-37-40(42)44-46-45-41(43)39(38(4)35-7-3)36-33-31-29-27-25-23-21-19-17-15-13-11-9-6-2/h38-39H,5-37H2,1-4H3. The van der Waals surface area contributed by atoms with Crippen LogP contribution >= 0.6 is 0 Å². The highest BCUT2D eigenvalue weighted by Crippen LogP contribution is 2.25. The molecular formula is C41H80O5. The number of carbonyl (C=O) groups excluding carboxylic acids is 2. The monoisotopic (exact) mass is 653 g/mol. The fourth-order valence-corrected chi connectivity index (χ4v) is 6.68. The van der Waals surface area contributed by atoms with Gasteiger partial charge in [-0.25, -0.2) is 9.59 Å². The Balaban J connectivity index is 3.80. The fourth-order valence-electron chi connectivity index (χ4n) is 6.68. The van der Waals surface area contributed by atoms with Crippen LogP contribution in [0.1, 0.15) is 240 Å². The average molecular weight is 653 g/mol. The van der Waals surface area contributed by atoms with E-state index in [1.807, 2.05) is 0 Å². The van der Waals surface area contributed by atoms with Gasteiger partial charge in [-0.3, -0.25) is 9.78 Å². The Labute approximate surface area is 287 Å². The van der Waals surface area contributed by atoms with Gasteiger partial charge in [-0.1, -0.05) is 220 Å². The molecule has 0 spiro atoms. The molecule has 0 bridgehead atoms. The second kappa shape index (κ2) is 36.7. The molecule has 0 heterocycles. The zero-order valence-electron chi connectivity index (χ0n) is 31.5. The van der Waals surface area contributed by atoms with Crippen molar-refractivity contribution in [3.63, 3.8) is 0 Å². The minimum atomic E-state index is -0.465. The number of hydrogen-bond donors (Lipinski definition) is 0. The zero-order valence-corrected chi connectivity index (χ0v) is 31.5. The maximum atomic E-state index is 12.8. The molecule has 5 nitrogen and oxygen atoms in total. The summed E-state index contributed by atoms with van der Waals surface area (Å²) < 4.78 is 0. The van der Waals surface area contributed by atoms with Crippen LogP contribution in [0.2, 0.25) is 0 Å². The smallest absolute Gasteiger partial charge is 0.260 e. The average Bonchev–Trinajstić information content (AvgIpc) is 3.04. The fraction of sp³-hybridized carbons (Fsp3) is 0.951. The Bertz CT molecular complexity index is 636. The summed E-state index contributed by atoms with van der Waals surface area (Å²) in [5.74, 6) is -0.867. The van der Waals surface area contributed by atoms with Gasteiger partial charge in [0.25, 0.3) is 0 Å². The lowest BCUT2D eigenvalue weighted by molar-refractivity contribution is -0.461. The molecule has 0 radical (unpaired) electrons. The van der Waals surface area contributed by atoms with Gasteiger partial charge < -0.3 is 0 Å². The molecule has 0 saturated carbocycles. The van der Waals surface area contributed by atoms with Crippen molar-refractivity contribution in [1.82, 2.24) is 0 Å². The predicted molar refractivity (Wildman–Crippen MR) is 195 cm³/mol. The van der Waals surface area contributed by atoms with Crippen LogP contribution in [0, 0.1) is 11.8 Å². The molecule has 0 N–H and O–H groups in total. The Kier molecular flexibility index (Phi) is 35.9. The molecule has 2 unspecified atom stereocenters. The minimum absolute atomic E-state index is 0.216. The van der Waals surface area contributed by atoms with Crippen LogP contribution in [-0.4, -0.2) is 11.9 Å². The second-order valence-corrected chi connectivity index (χ2v) is 14.4. The molecule has 46 heavy (non-hydrogen) atoms. The van der Waals surface area contributed by atoms with E-state index in [0.717, 1.165) is 51.4 Å². The summed E-state index contributed by atoms with van der Waals surface area (Å²) in [6.07, 6.45) is 40.9. The van der Waals surface area contributed by atoms with E-state index in [9.17, 15) is 9.59 Å². The molecule has 0 aromatic carbocycles. The molecule has 0 amide bonds. The lowest BCUT2D eigenvalue weighted by Gasteiger charge is -2.20. The topological polar surface area (TPSA) is 61.8 Å². The van der Waals surface area contributed by atoms with Gasteiger partial charge in [0.2, 0.25) is 0 Å². The molecule has 0 aromatic rings. The van der Waals surface area contributed by atoms with Crippen LogP contribution < -0.4 is 0 Å². The number of carbonyl (C=O) groups is 2. The van der Waals surface area contributed by atoms with Crippen LogP contribution in [0.3, 0.4) is 0 Å². The lowest BCUT2D eigenvalue weighted by Crippen LogP contribution is -2.25. The van der Waals surface area contributed by atoms with Crippen molar-refractivity contribution in [3.8, 4) is 0 Å². The van der Waals surface area contributed by atoms with E-state index in [1.165, 1.54) is 154 Å². The van der Waals surface area contributed by atoms with E-state index in [-0.39, 0.29) is 11.8 Å². The number of rotatable bonds is 37. The molecule has 0 aliphatic heterocycles. The van der Waals surface area contributed by atoms with Crippen molar-refractivity contribution in [2.24, 2.45) is 11.8 Å². The first-order valence-corrected chi connectivity index (χ1v) is 20.6. The maximum absolute atomic E-state index is 12.8. The highest BCUT2D eigenvalue weighted by atomic mass is 17.5. The molecule has 0 fully saturated rings. The number of hydrogen-bond acceptors (Lipinski definition) is 5. The number of unbranched alkanes of at least 4 members (excludes halogenated alkanes) is 27. The SMILES string of the molecule is CCCCCCCCCCCCCCCCCC(=O)OOOC(=O)C(CCCCCCCCCCCCCCCC)C(C)CCC. The van der Waals surface area contributed by atoms with Crippen LogP contribution in [0.4, 0.5) is 0 Å². The zero-order chi connectivity index (χ0) is 33.8. The van der Waals surface area contributed by atoms with Crippen molar-refractivity contribution in [3.05, 3.63) is 0 Å². The maximum Gasteiger partial charge on any atom is 0.349 e. The van der Waals surface area contributed by atoms with Crippen molar-refractivity contribution in [2.75, 3.05) is 0 Å². The summed E-state index contributed by atoms with van der Waals surface area (Å²) in [6, 6.07) is 0. The first-order valence-electron chi connectivity index (χ1n) is 20.6. The third-order valence-corrected chi connectivity index (χ3v) is 9.83. The first kappa shape index (κ1) is 44.9. The Hall–Kier alpha value is -1.10. The third kappa shape index (κ3) is 31.5. The van der Waals surface area contributed by atoms with E-state index < -0.39 is 11.9 Å². The molecule has 0 aromatic heterocycles. The second-order valence-electron chi connectivity index (χ2n) is 14.4. The Morgan fingerprint density at radius 3 is 1.13 bits per heavy atom. The van der Waals surface area contributed by atoms with Gasteiger partial charge in [-0.15, -0.1) is 0 Å². The van der Waals surface area contributed by atoms with Crippen LogP contribution in [0.25, 0.3) is 0 Å². The molecule has 0 rings (SSSR count). The van der Waals surface area contributed by atoms with Crippen molar-refractivity contribution >= 4 is 11.9 Å². The van der Waals surface area contributed by atoms with E-state index in [4.69, 9.17) is 9.78 Å². The van der Waals surface area contributed by atoms with Crippen molar-refractivity contribution < 1.29 is 24.4 Å². The highest BCUT2D eigenvalue weighted by molar-refractivity contribution is 5.72. The van der Waals surface area contributed by atoms with Gasteiger partial charge in [0.15, 0.2) is 0 Å². The van der Waals surface area contributed by atoms with Gasteiger partial charge in [0.1, 0.15) is 0 Å². The van der Waals surface area contributed by atoms with Crippen LogP contribution in [0.5, 0.6) is 0 Å². The summed E-state index contributed by atoms with van der Waals surface area (Å²) >= 11 is 0. The van der Waals surface area contributed by atoms with Crippen molar-refractivity contribution in [2.45, 2.75) is 240 Å².